The first-order valence-electron chi connectivity index (χ1n) is 3.49. The van der Waals surface area contributed by atoms with Crippen LogP contribution in [-0.2, 0) is 0 Å². The van der Waals surface area contributed by atoms with Gasteiger partial charge in [0.25, 0.3) is 0 Å². The van der Waals surface area contributed by atoms with Crippen LogP contribution in [0.4, 0.5) is 0 Å². The maximum absolute atomic E-state index is 7.10. The van der Waals surface area contributed by atoms with Crippen molar-refractivity contribution in [1.82, 2.24) is 5.32 Å². The van der Waals surface area contributed by atoms with Crippen molar-refractivity contribution in [1.29, 1.82) is 5.41 Å². The average molecular weight is 147 g/mol. The van der Waals surface area contributed by atoms with E-state index in [0.29, 0.717) is 5.84 Å². The molecule has 11 heavy (non-hydrogen) atoms. The molecule has 2 N–H and O–H groups in total. The molecule has 0 bridgehead atoms. The van der Waals surface area contributed by atoms with Gasteiger partial charge >= 0.3 is 0 Å². The molecule has 0 spiro atoms. The van der Waals surface area contributed by atoms with Gasteiger partial charge in [-0.05, 0) is 12.5 Å². The fraction of sp³-hybridized carbons (Fsp3) is 0.111. The van der Waals surface area contributed by atoms with E-state index in [2.05, 4.69) is 5.32 Å². The number of rotatable bonds is 2. The molecule has 0 aliphatic heterocycles. The predicted molar refractivity (Wildman–Crippen MR) is 46.4 cm³/mol. The van der Waals surface area contributed by atoms with E-state index in [0.717, 1.165) is 5.56 Å². The molecule has 1 aromatic rings. The Hall–Kier alpha value is -1.31. The van der Waals surface area contributed by atoms with Crippen molar-refractivity contribution in [3.63, 3.8) is 0 Å². The fourth-order valence-electron chi connectivity index (χ4n) is 0.741. The molecule has 57 valence electrons. The molecule has 2 nitrogen and oxygen atoms in total. The van der Waals surface area contributed by atoms with Gasteiger partial charge in [-0.2, -0.15) is 0 Å². The van der Waals surface area contributed by atoms with Gasteiger partial charge in [0.2, 0.25) is 0 Å². The summed E-state index contributed by atoms with van der Waals surface area (Å²) in [6, 6.07) is 9.86. The number of benzene rings is 1. The predicted octanol–water partition coefficient (Wildman–Crippen LogP) is 1.78. The van der Waals surface area contributed by atoms with Crippen LogP contribution in [0.3, 0.4) is 0 Å². The summed E-state index contributed by atoms with van der Waals surface area (Å²) in [4.78, 5) is 0. The Balaban J connectivity index is 2.45. The van der Waals surface area contributed by atoms with Gasteiger partial charge in [-0.1, -0.05) is 30.3 Å². The normalized spacial score (nSPS) is 9.18. The third-order valence-electron chi connectivity index (χ3n) is 1.25. The lowest BCUT2D eigenvalue weighted by molar-refractivity contribution is 1.11. The summed E-state index contributed by atoms with van der Waals surface area (Å²) >= 11 is 0. The van der Waals surface area contributed by atoms with E-state index >= 15 is 0 Å². The molecule has 1 aromatic carbocycles. The standard InChI is InChI=1S/C9H11N2/c1-8(10)11-7-9-5-3-2-4-6-9/h2-7H,1H3,(H2,10,11). The first-order valence-corrected chi connectivity index (χ1v) is 3.49. The van der Waals surface area contributed by atoms with E-state index in [1.807, 2.05) is 36.9 Å². The molecule has 0 saturated carbocycles. The Morgan fingerprint density at radius 3 is 2.55 bits per heavy atom. The summed E-state index contributed by atoms with van der Waals surface area (Å²) < 4.78 is 0. The fourth-order valence-corrected chi connectivity index (χ4v) is 0.741. The molecule has 1 rings (SSSR count). The highest BCUT2D eigenvalue weighted by Crippen LogP contribution is 1.98. The van der Waals surface area contributed by atoms with Crippen LogP contribution < -0.4 is 5.32 Å². The maximum Gasteiger partial charge on any atom is 0.0905 e. The average Bonchev–Trinajstić information content (AvgIpc) is 2.03. The third kappa shape index (κ3) is 2.85. The summed E-state index contributed by atoms with van der Waals surface area (Å²) in [6.07, 6.45) is 0. The molecule has 0 aliphatic carbocycles. The van der Waals surface area contributed by atoms with Gasteiger partial charge < -0.3 is 5.32 Å². The van der Waals surface area contributed by atoms with Gasteiger partial charge in [0, 0.05) is 0 Å². The van der Waals surface area contributed by atoms with Crippen molar-refractivity contribution in [3.05, 3.63) is 42.4 Å². The zero-order valence-corrected chi connectivity index (χ0v) is 6.46. The van der Waals surface area contributed by atoms with Crippen LogP contribution in [0.25, 0.3) is 0 Å². The first-order chi connectivity index (χ1) is 5.29. The zero-order valence-electron chi connectivity index (χ0n) is 6.46. The number of nitrogens with one attached hydrogen (secondary N) is 2. The van der Waals surface area contributed by atoms with E-state index in [1.165, 1.54) is 0 Å². The van der Waals surface area contributed by atoms with Crippen LogP contribution in [0.1, 0.15) is 12.5 Å². The lowest BCUT2D eigenvalue weighted by Crippen LogP contribution is -2.15. The van der Waals surface area contributed by atoms with Crippen molar-refractivity contribution in [3.8, 4) is 0 Å². The Kier molecular flexibility index (Phi) is 2.66. The smallest absolute Gasteiger partial charge is 0.0905 e. The quantitative estimate of drug-likeness (QED) is 0.485. The minimum atomic E-state index is 0.453. The van der Waals surface area contributed by atoms with Crippen molar-refractivity contribution in [2.24, 2.45) is 0 Å². The lowest BCUT2D eigenvalue weighted by Gasteiger charge is -2.01. The molecule has 0 unspecified atom stereocenters. The Bertz CT molecular complexity index is 229. The van der Waals surface area contributed by atoms with Crippen LogP contribution in [-0.4, -0.2) is 5.84 Å². The SMILES string of the molecule is CC(=N)N[CH]c1ccccc1. The summed E-state index contributed by atoms with van der Waals surface area (Å²) in [7, 11) is 0. The molecule has 0 aromatic heterocycles. The minimum Gasteiger partial charge on any atom is -0.365 e. The molecular formula is C9H11N2. The molecular weight excluding hydrogens is 136 g/mol. The number of hydrogen-bond donors (Lipinski definition) is 2. The largest absolute Gasteiger partial charge is 0.365 e. The molecule has 0 aliphatic rings. The van der Waals surface area contributed by atoms with Crippen molar-refractivity contribution >= 4 is 5.84 Å². The second-order valence-corrected chi connectivity index (χ2v) is 2.32. The zero-order chi connectivity index (χ0) is 8.10. The van der Waals surface area contributed by atoms with E-state index < -0.39 is 0 Å². The number of hydrogen-bond acceptors (Lipinski definition) is 1. The minimum absolute atomic E-state index is 0.453. The Labute approximate surface area is 66.8 Å². The van der Waals surface area contributed by atoms with Crippen LogP contribution in [0, 0.1) is 12.0 Å². The molecule has 2 heteroatoms. The highest BCUT2D eigenvalue weighted by Gasteiger charge is 1.89. The van der Waals surface area contributed by atoms with E-state index in [-0.39, 0.29) is 0 Å². The van der Waals surface area contributed by atoms with Gasteiger partial charge in [-0.3, -0.25) is 5.41 Å². The summed E-state index contributed by atoms with van der Waals surface area (Å²) in [5.74, 6) is 0.453. The highest BCUT2D eigenvalue weighted by atomic mass is 14.9. The Morgan fingerprint density at radius 2 is 2.00 bits per heavy atom. The third-order valence-corrected chi connectivity index (χ3v) is 1.25. The topological polar surface area (TPSA) is 35.9 Å². The Morgan fingerprint density at radius 1 is 1.36 bits per heavy atom. The van der Waals surface area contributed by atoms with Crippen LogP contribution >= 0.6 is 0 Å². The summed E-state index contributed by atoms with van der Waals surface area (Å²) in [5.41, 5.74) is 1.08. The molecule has 0 fully saturated rings. The second kappa shape index (κ2) is 3.76. The molecule has 0 atom stereocenters. The van der Waals surface area contributed by atoms with Crippen molar-refractivity contribution in [2.45, 2.75) is 6.92 Å². The monoisotopic (exact) mass is 147 g/mol. The van der Waals surface area contributed by atoms with E-state index in [9.17, 15) is 0 Å². The maximum atomic E-state index is 7.10. The first kappa shape index (κ1) is 7.79. The van der Waals surface area contributed by atoms with Crippen molar-refractivity contribution < 1.29 is 0 Å². The van der Waals surface area contributed by atoms with Gasteiger partial charge in [-0.25, -0.2) is 0 Å². The van der Waals surface area contributed by atoms with Crippen molar-refractivity contribution in [2.75, 3.05) is 0 Å². The van der Waals surface area contributed by atoms with E-state index in [4.69, 9.17) is 5.41 Å². The molecule has 0 saturated heterocycles. The van der Waals surface area contributed by atoms with Gasteiger partial charge in [-0.15, -0.1) is 0 Å². The lowest BCUT2D eigenvalue weighted by atomic mass is 10.2. The van der Waals surface area contributed by atoms with Gasteiger partial charge in [0.15, 0.2) is 0 Å². The highest BCUT2D eigenvalue weighted by molar-refractivity contribution is 5.77. The van der Waals surface area contributed by atoms with Gasteiger partial charge in [0.1, 0.15) is 0 Å². The number of amidine groups is 1. The van der Waals surface area contributed by atoms with Crippen LogP contribution in [0.15, 0.2) is 30.3 Å². The molecule has 0 heterocycles. The molecule has 0 amide bonds. The second-order valence-electron chi connectivity index (χ2n) is 2.32. The summed E-state index contributed by atoms with van der Waals surface area (Å²) in [5, 5.41) is 9.92. The van der Waals surface area contributed by atoms with Gasteiger partial charge in [0.05, 0.1) is 12.4 Å². The van der Waals surface area contributed by atoms with Crippen LogP contribution in [0.5, 0.6) is 0 Å². The molecule has 1 radical (unpaired) electrons. The summed E-state index contributed by atoms with van der Waals surface area (Å²) in [6.45, 7) is 3.52. The van der Waals surface area contributed by atoms with Crippen LogP contribution in [0.2, 0.25) is 0 Å². The van der Waals surface area contributed by atoms with E-state index in [1.54, 1.807) is 6.92 Å².